The van der Waals surface area contributed by atoms with Crippen LogP contribution in [0.2, 0.25) is 5.28 Å². The van der Waals surface area contributed by atoms with Crippen molar-refractivity contribution >= 4 is 56.4 Å². The van der Waals surface area contributed by atoms with Crippen LogP contribution in [-0.4, -0.2) is 79.1 Å². The minimum atomic E-state index is -2.61. The number of nitrogen functional groups attached to an aromatic ring is 1. The number of nitrogens with one attached hydrogen (secondary N) is 1. The molecule has 5 aromatic rings. The van der Waals surface area contributed by atoms with Gasteiger partial charge in [-0.1, -0.05) is 48.5 Å². The average molecular weight is 702 g/mol. The van der Waals surface area contributed by atoms with Gasteiger partial charge in [0, 0.05) is 11.8 Å². The number of ether oxygens (including phenoxy) is 2. The van der Waals surface area contributed by atoms with Gasteiger partial charge in [-0.25, -0.2) is 14.8 Å². The first-order valence-corrected chi connectivity index (χ1v) is 16.2. The lowest BCUT2D eigenvalue weighted by Crippen LogP contribution is -2.44. The Morgan fingerprint density at radius 3 is 2.49 bits per heavy atom. The summed E-state index contributed by atoms with van der Waals surface area (Å²) in [7, 11) is -2.61. The van der Waals surface area contributed by atoms with Gasteiger partial charge in [0.05, 0.1) is 24.1 Å². The zero-order valence-corrected chi connectivity index (χ0v) is 26.9. The van der Waals surface area contributed by atoms with E-state index in [-0.39, 0.29) is 41.0 Å². The predicted molar refractivity (Wildman–Crippen MR) is 170 cm³/mol. The van der Waals surface area contributed by atoms with Crippen LogP contribution >= 0.6 is 22.9 Å². The van der Waals surface area contributed by atoms with E-state index in [1.54, 1.807) is 5.38 Å². The zero-order valence-electron chi connectivity index (χ0n) is 24.5. The lowest BCUT2D eigenvalue weighted by Gasteiger charge is -2.30. The third-order valence-corrected chi connectivity index (χ3v) is 8.34. The Kier molecular flexibility index (Phi) is 10.3. The molecule has 6 rings (SSSR count). The molecule has 0 unspecified atom stereocenters. The van der Waals surface area contributed by atoms with Crippen molar-refractivity contribution in [3.05, 3.63) is 87.9 Å². The van der Waals surface area contributed by atoms with E-state index in [1.807, 2.05) is 55.5 Å². The van der Waals surface area contributed by atoms with E-state index >= 15 is 0 Å². The molecule has 15 nitrogen and oxygen atoms in total. The van der Waals surface area contributed by atoms with Crippen LogP contribution in [-0.2, 0) is 36.8 Å². The van der Waals surface area contributed by atoms with Crippen molar-refractivity contribution in [3.8, 4) is 11.1 Å². The first kappa shape index (κ1) is 34.0. The molecule has 0 aliphatic carbocycles. The molecule has 47 heavy (non-hydrogen) atoms. The number of nitrogens with two attached hydrogens (primary N) is 1. The number of aliphatic carboxylic acids is 1. The van der Waals surface area contributed by atoms with E-state index in [2.05, 4.69) is 19.9 Å². The summed E-state index contributed by atoms with van der Waals surface area (Å²) in [5.41, 5.74) is 10.1. The maximum absolute atomic E-state index is 12.9. The topological polar surface area (TPSA) is 237 Å². The number of aliphatic hydroxyl groups excluding tert-OH is 2. The van der Waals surface area contributed by atoms with Gasteiger partial charge in [0.1, 0.15) is 23.8 Å². The van der Waals surface area contributed by atoms with Crippen molar-refractivity contribution in [1.29, 1.82) is 4.78 Å². The third-order valence-electron chi connectivity index (χ3n) is 7.58. The van der Waals surface area contributed by atoms with Gasteiger partial charge in [-0.3, -0.25) is 4.57 Å². The van der Waals surface area contributed by atoms with Crippen LogP contribution in [0.4, 0.5) is 5.82 Å². The number of fused-ring (bicyclic) bond motifs is 1. The average Bonchev–Trinajstić information content (AvgIpc) is 3.77. The van der Waals surface area contributed by atoms with Crippen LogP contribution < -0.4 is 5.73 Å². The predicted octanol–water partition coefficient (Wildman–Crippen LogP) is 2.98. The maximum atomic E-state index is 12.9. The number of hydrogen-bond acceptors (Lipinski definition) is 14. The number of halogens is 1. The lowest BCUT2D eigenvalue weighted by molar-refractivity contribution is -0.177. The number of carboxylic acids is 1. The monoisotopic (exact) mass is 701 g/mol. The number of aliphatic hydroxyl groups is 2. The van der Waals surface area contributed by atoms with Crippen molar-refractivity contribution in [2.24, 2.45) is 0 Å². The van der Waals surface area contributed by atoms with Gasteiger partial charge in [-0.15, -0.1) is 11.3 Å². The van der Waals surface area contributed by atoms with E-state index in [0.29, 0.717) is 5.56 Å². The maximum Gasteiger partial charge on any atom is 0.342 e. The molecule has 4 heterocycles. The molecule has 0 bridgehead atoms. The zero-order chi connectivity index (χ0) is 33.9. The highest BCUT2D eigenvalue weighted by Crippen LogP contribution is 2.36. The Balaban J connectivity index is 0.00000103. The lowest BCUT2D eigenvalue weighted by atomic mass is 9.90. The second kappa shape index (κ2) is 14.2. The highest BCUT2D eigenvalue weighted by Gasteiger charge is 2.49. The van der Waals surface area contributed by atoms with Gasteiger partial charge < -0.3 is 30.5 Å². The summed E-state index contributed by atoms with van der Waals surface area (Å²) in [5.74, 6) is -1.21. The first-order valence-electron chi connectivity index (χ1n) is 13.8. The van der Waals surface area contributed by atoms with E-state index in [1.165, 1.54) is 27.7 Å². The quantitative estimate of drug-likeness (QED) is 0.139. The van der Waals surface area contributed by atoms with Crippen LogP contribution in [0.15, 0.2) is 65.7 Å². The van der Waals surface area contributed by atoms with Crippen molar-refractivity contribution in [3.63, 3.8) is 0 Å². The summed E-state index contributed by atoms with van der Waals surface area (Å²) in [5, 5.41) is 33.8. The van der Waals surface area contributed by atoms with E-state index in [9.17, 15) is 20.1 Å². The molecule has 18 heteroatoms. The van der Waals surface area contributed by atoms with Gasteiger partial charge in [-0.05, 0) is 40.8 Å². The molecule has 0 amide bonds. The second-order valence-electron chi connectivity index (χ2n) is 10.5. The molecule has 0 radical (unpaired) electrons. The van der Waals surface area contributed by atoms with Crippen molar-refractivity contribution in [2.75, 3.05) is 12.3 Å². The van der Waals surface area contributed by atoms with Gasteiger partial charge in [0.15, 0.2) is 17.7 Å². The van der Waals surface area contributed by atoms with Crippen molar-refractivity contribution < 1.29 is 38.0 Å². The van der Waals surface area contributed by atoms with Crippen LogP contribution in [0.5, 0.6) is 0 Å². The molecule has 0 saturated carbocycles. The van der Waals surface area contributed by atoms with Crippen molar-refractivity contribution in [2.45, 2.75) is 43.5 Å². The molecule has 6 N–H and O–H groups in total. The molecule has 1 saturated heterocycles. The minimum Gasteiger partial charge on any atom is -0.479 e. The van der Waals surface area contributed by atoms with Crippen LogP contribution in [0, 0.1) is 11.7 Å². The molecule has 5 atom stereocenters. The summed E-state index contributed by atoms with van der Waals surface area (Å²) >= 11 is 7.21. The normalized spacial score (nSPS) is 20.3. The largest absolute Gasteiger partial charge is 0.479 e. The third kappa shape index (κ3) is 7.15. The number of rotatable bonds is 9. The number of carboxylic acid groups (broad SMARTS) is 1. The van der Waals surface area contributed by atoms with Gasteiger partial charge >= 0.3 is 16.5 Å². The SMILES string of the molecule is Cc1ccccc1-c1ccc(C[C@@](OC[C@H]2O[C@@H](n3cnc4c(N)nc(Cl)nc43)[C@H](O)[C@@H]2O)(C(=O)O)c2cscn2)cc1.N=S(=O)=O. The number of aromatic nitrogens is 5. The summed E-state index contributed by atoms with van der Waals surface area (Å²) in [6, 6.07) is 15.6. The molecule has 246 valence electrons. The van der Waals surface area contributed by atoms with Crippen LogP contribution in [0.3, 0.4) is 0 Å². The van der Waals surface area contributed by atoms with E-state index in [0.717, 1.165) is 16.7 Å². The van der Waals surface area contributed by atoms with E-state index in [4.69, 9.17) is 40.0 Å². The number of aryl methyl sites for hydroxylation is 1. The molecule has 0 spiro atoms. The number of hydrogen-bond donors (Lipinski definition) is 5. The number of imidazole rings is 1. The fourth-order valence-corrected chi connectivity index (χ4v) is 6.07. The Hall–Kier alpha value is -4.36. The first-order chi connectivity index (χ1) is 22.4. The van der Waals surface area contributed by atoms with Gasteiger partial charge in [-0.2, -0.15) is 23.2 Å². The minimum absolute atomic E-state index is 0.0445. The highest BCUT2D eigenvalue weighted by molar-refractivity contribution is 7.60. The summed E-state index contributed by atoms with van der Waals surface area (Å²) in [6.07, 6.45) is -3.79. The fraction of sp³-hybridized carbons (Fsp3) is 0.276. The van der Waals surface area contributed by atoms with Gasteiger partial charge in [0.2, 0.25) is 10.9 Å². The summed E-state index contributed by atoms with van der Waals surface area (Å²) < 4.78 is 36.3. The second-order valence-corrected chi connectivity index (χ2v) is 12.0. The molecule has 1 aliphatic heterocycles. The van der Waals surface area contributed by atoms with Crippen LogP contribution in [0.1, 0.15) is 23.0 Å². The summed E-state index contributed by atoms with van der Waals surface area (Å²) in [6.45, 7) is 1.66. The Labute approximate surface area is 277 Å². The van der Waals surface area contributed by atoms with E-state index < -0.39 is 46.6 Å². The number of nitrogens with zero attached hydrogens (tertiary/aromatic N) is 5. The van der Waals surface area contributed by atoms with Crippen LogP contribution in [0.25, 0.3) is 22.3 Å². The fourth-order valence-electron chi connectivity index (χ4n) is 5.28. The summed E-state index contributed by atoms with van der Waals surface area (Å²) in [4.78, 5) is 29.4. The molecule has 3 aromatic heterocycles. The highest BCUT2D eigenvalue weighted by atomic mass is 35.5. The number of benzene rings is 2. The standard InChI is InChI=1S/C29H27ClN6O6S.HNO2S/c1-15-4-2-3-5-18(15)17-8-6-16(7-9-17)10-29(27(39)40,20-12-43-14-33-20)41-11-19-22(37)23(38)26(42-19)36-13-32-21-24(31)34-28(30)35-25(21)36;1-4(2)3/h2-9,12-14,19,22-23,26,37-38H,10-11H2,1H3,(H,39,40)(H2,31,34,35);1H/t19-,22-,23-,26-,29+;/m1./s1. The molecule has 1 fully saturated rings. The Morgan fingerprint density at radius 1 is 1.15 bits per heavy atom. The number of anilines is 1. The number of thiazole rings is 1. The van der Waals surface area contributed by atoms with Gasteiger partial charge in [0.25, 0.3) is 0 Å². The molecular weight excluding hydrogens is 674 g/mol. The molecule has 2 aromatic carbocycles. The molecular formula is C29H28ClN7O8S2. The van der Waals surface area contributed by atoms with Crippen molar-refractivity contribution in [1.82, 2.24) is 24.5 Å². The smallest absolute Gasteiger partial charge is 0.342 e. The molecule has 1 aliphatic rings. The Morgan fingerprint density at radius 2 is 1.85 bits per heavy atom. The number of carbonyl (C=O) groups is 1. The Bertz CT molecular complexity index is 1990.